The molecule has 3 rings (SSSR count). The number of anilines is 2. The van der Waals surface area contributed by atoms with Crippen LogP contribution in [0, 0.1) is 0 Å². The van der Waals surface area contributed by atoms with Gasteiger partial charge in [-0.1, -0.05) is 31.2 Å². The molecule has 0 aliphatic carbocycles. The number of benzene rings is 1. The number of hydrogen-bond donors (Lipinski definition) is 1. The molecule has 1 aromatic heterocycles. The van der Waals surface area contributed by atoms with Crippen molar-refractivity contribution in [2.45, 2.75) is 32.7 Å². The Morgan fingerprint density at radius 2 is 1.81 bits per heavy atom. The van der Waals surface area contributed by atoms with E-state index in [1.54, 1.807) is 0 Å². The second-order valence-corrected chi connectivity index (χ2v) is 5.54. The molecule has 0 bridgehead atoms. The van der Waals surface area contributed by atoms with Gasteiger partial charge < -0.3 is 10.2 Å². The van der Waals surface area contributed by atoms with Crippen LogP contribution in [0.1, 0.15) is 30.9 Å². The SMILES string of the molecule is CCc1ccccc1CNc1cccnc1N1CCCC1. The molecule has 0 spiro atoms. The van der Waals surface area contributed by atoms with Gasteiger partial charge in [0.05, 0.1) is 5.69 Å². The van der Waals surface area contributed by atoms with Crippen LogP contribution in [-0.4, -0.2) is 18.1 Å². The summed E-state index contributed by atoms with van der Waals surface area (Å²) in [5.41, 5.74) is 3.93. The molecule has 1 saturated heterocycles. The normalized spacial score (nSPS) is 14.4. The van der Waals surface area contributed by atoms with Crippen molar-refractivity contribution >= 4 is 11.5 Å². The lowest BCUT2D eigenvalue weighted by atomic mass is 10.1. The standard InChI is InChI=1S/C18H23N3/c1-2-15-8-3-4-9-16(15)14-20-17-10-7-11-19-18(17)21-12-5-6-13-21/h3-4,7-11,20H,2,5-6,12-14H2,1H3. The summed E-state index contributed by atoms with van der Waals surface area (Å²) >= 11 is 0. The molecule has 3 nitrogen and oxygen atoms in total. The highest BCUT2D eigenvalue weighted by Gasteiger charge is 2.16. The zero-order valence-corrected chi connectivity index (χ0v) is 12.7. The third-order valence-corrected chi connectivity index (χ3v) is 4.16. The summed E-state index contributed by atoms with van der Waals surface area (Å²) in [6, 6.07) is 12.8. The van der Waals surface area contributed by atoms with E-state index in [-0.39, 0.29) is 0 Å². The van der Waals surface area contributed by atoms with Gasteiger partial charge in [0.15, 0.2) is 5.82 Å². The van der Waals surface area contributed by atoms with E-state index < -0.39 is 0 Å². The molecule has 1 aromatic carbocycles. The minimum atomic E-state index is 0.858. The van der Waals surface area contributed by atoms with Gasteiger partial charge in [0.1, 0.15) is 0 Å². The lowest BCUT2D eigenvalue weighted by Gasteiger charge is -2.20. The Hall–Kier alpha value is -2.03. The van der Waals surface area contributed by atoms with Crippen molar-refractivity contribution in [3.05, 3.63) is 53.7 Å². The van der Waals surface area contributed by atoms with Crippen LogP contribution < -0.4 is 10.2 Å². The molecule has 1 N–H and O–H groups in total. The average molecular weight is 281 g/mol. The van der Waals surface area contributed by atoms with E-state index in [0.29, 0.717) is 0 Å². The number of nitrogens with one attached hydrogen (secondary N) is 1. The molecular formula is C18H23N3. The molecule has 0 unspecified atom stereocenters. The topological polar surface area (TPSA) is 28.2 Å². The first-order valence-electron chi connectivity index (χ1n) is 7.89. The van der Waals surface area contributed by atoms with Crippen LogP contribution >= 0.6 is 0 Å². The number of pyridine rings is 1. The maximum Gasteiger partial charge on any atom is 0.151 e. The Labute approximate surface area is 127 Å². The van der Waals surface area contributed by atoms with E-state index in [1.807, 2.05) is 12.3 Å². The van der Waals surface area contributed by atoms with Crippen molar-refractivity contribution in [1.82, 2.24) is 4.98 Å². The van der Waals surface area contributed by atoms with E-state index in [9.17, 15) is 0 Å². The predicted octanol–water partition coefficient (Wildman–Crippen LogP) is 3.86. The van der Waals surface area contributed by atoms with Crippen molar-refractivity contribution in [1.29, 1.82) is 0 Å². The first-order chi connectivity index (χ1) is 10.4. The molecule has 3 heteroatoms. The maximum absolute atomic E-state index is 4.58. The van der Waals surface area contributed by atoms with Gasteiger partial charge in [0, 0.05) is 25.8 Å². The van der Waals surface area contributed by atoms with Crippen LogP contribution in [0.4, 0.5) is 11.5 Å². The second-order valence-electron chi connectivity index (χ2n) is 5.54. The fourth-order valence-corrected chi connectivity index (χ4v) is 2.98. The van der Waals surface area contributed by atoms with Crippen molar-refractivity contribution in [3.63, 3.8) is 0 Å². The first kappa shape index (κ1) is 13.9. The smallest absolute Gasteiger partial charge is 0.151 e. The highest BCUT2D eigenvalue weighted by Crippen LogP contribution is 2.26. The average Bonchev–Trinajstić information content (AvgIpc) is 3.08. The van der Waals surface area contributed by atoms with Crippen LogP contribution in [0.2, 0.25) is 0 Å². The Bertz CT molecular complexity index is 589. The number of hydrogen-bond acceptors (Lipinski definition) is 3. The van der Waals surface area contributed by atoms with Crippen LogP contribution in [-0.2, 0) is 13.0 Å². The van der Waals surface area contributed by atoms with Crippen molar-refractivity contribution in [2.75, 3.05) is 23.3 Å². The fraction of sp³-hybridized carbons (Fsp3) is 0.389. The van der Waals surface area contributed by atoms with Gasteiger partial charge in [-0.15, -0.1) is 0 Å². The molecule has 2 heterocycles. The van der Waals surface area contributed by atoms with Gasteiger partial charge in [0.25, 0.3) is 0 Å². The van der Waals surface area contributed by atoms with Gasteiger partial charge in [-0.3, -0.25) is 0 Å². The molecule has 0 atom stereocenters. The largest absolute Gasteiger partial charge is 0.378 e. The van der Waals surface area contributed by atoms with Crippen molar-refractivity contribution in [3.8, 4) is 0 Å². The summed E-state index contributed by atoms with van der Waals surface area (Å²) in [6.45, 7) is 5.31. The van der Waals surface area contributed by atoms with Crippen LogP contribution in [0.3, 0.4) is 0 Å². The second kappa shape index (κ2) is 6.61. The third-order valence-electron chi connectivity index (χ3n) is 4.16. The van der Waals surface area contributed by atoms with Gasteiger partial charge in [0.2, 0.25) is 0 Å². The Morgan fingerprint density at radius 3 is 2.57 bits per heavy atom. The van der Waals surface area contributed by atoms with E-state index >= 15 is 0 Å². The van der Waals surface area contributed by atoms with Gasteiger partial charge in [-0.2, -0.15) is 0 Å². The lowest BCUT2D eigenvalue weighted by Crippen LogP contribution is -2.20. The molecule has 0 amide bonds. The summed E-state index contributed by atoms with van der Waals surface area (Å²) in [5.74, 6) is 1.10. The third kappa shape index (κ3) is 3.18. The van der Waals surface area contributed by atoms with Crippen LogP contribution in [0.25, 0.3) is 0 Å². The zero-order chi connectivity index (χ0) is 14.5. The number of nitrogens with zero attached hydrogens (tertiary/aromatic N) is 2. The molecule has 110 valence electrons. The Morgan fingerprint density at radius 1 is 1.05 bits per heavy atom. The fourth-order valence-electron chi connectivity index (χ4n) is 2.98. The number of aryl methyl sites for hydroxylation is 1. The Balaban J connectivity index is 1.76. The van der Waals surface area contributed by atoms with Crippen LogP contribution in [0.5, 0.6) is 0 Å². The molecule has 2 aromatic rings. The summed E-state index contributed by atoms with van der Waals surface area (Å²) in [5, 5.41) is 3.58. The monoisotopic (exact) mass is 281 g/mol. The highest BCUT2D eigenvalue weighted by molar-refractivity contribution is 5.65. The molecule has 1 fully saturated rings. The molecule has 1 aliphatic heterocycles. The Kier molecular flexibility index (Phi) is 4.39. The summed E-state index contributed by atoms with van der Waals surface area (Å²) in [6.07, 6.45) is 5.51. The van der Waals surface area contributed by atoms with Gasteiger partial charge in [-0.25, -0.2) is 4.98 Å². The summed E-state index contributed by atoms with van der Waals surface area (Å²) < 4.78 is 0. The van der Waals surface area contributed by atoms with Crippen molar-refractivity contribution < 1.29 is 0 Å². The molecule has 1 aliphatic rings. The van der Waals surface area contributed by atoms with Crippen LogP contribution in [0.15, 0.2) is 42.6 Å². The lowest BCUT2D eigenvalue weighted by molar-refractivity contribution is 0.933. The van der Waals surface area contributed by atoms with E-state index in [2.05, 4.69) is 52.5 Å². The minimum absolute atomic E-state index is 0.858. The summed E-state index contributed by atoms with van der Waals surface area (Å²) in [7, 11) is 0. The summed E-state index contributed by atoms with van der Waals surface area (Å²) in [4.78, 5) is 6.96. The van der Waals surface area contributed by atoms with Gasteiger partial charge >= 0.3 is 0 Å². The molecule has 0 radical (unpaired) electrons. The van der Waals surface area contributed by atoms with Gasteiger partial charge in [-0.05, 0) is 42.5 Å². The molecular weight excluding hydrogens is 258 g/mol. The first-order valence-corrected chi connectivity index (χ1v) is 7.89. The molecule has 21 heavy (non-hydrogen) atoms. The molecule has 0 saturated carbocycles. The van der Waals surface area contributed by atoms with E-state index in [1.165, 1.54) is 24.0 Å². The predicted molar refractivity (Wildman–Crippen MR) is 88.8 cm³/mol. The number of rotatable bonds is 5. The van der Waals surface area contributed by atoms with E-state index in [4.69, 9.17) is 0 Å². The highest BCUT2D eigenvalue weighted by atomic mass is 15.2. The number of aromatic nitrogens is 1. The minimum Gasteiger partial charge on any atom is -0.378 e. The quantitative estimate of drug-likeness (QED) is 0.902. The van der Waals surface area contributed by atoms with E-state index in [0.717, 1.165) is 37.6 Å². The van der Waals surface area contributed by atoms with Crippen molar-refractivity contribution in [2.24, 2.45) is 0 Å². The maximum atomic E-state index is 4.58. The zero-order valence-electron chi connectivity index (χ0n) is 12.7.